The molecule has 0 aliphatic heterocycles. The lowest BCUT2D eigenvalue weighted by atomic mass is 10.2. The number of hydrogen-bond donors (Lipinski definition) is 2. The van der Waals surface area contributed by atoms with E-state index in [1.54, 1.807) is 12.1 Å². The Balaban J connectivity index is 2.81. The number of rotatable bonds is 1. The van der Waals surface area contributed by atoms with E-state index < -0.39 is 0 Å². The van der Waals surface area contributed by atoms with Crippen LogP contribution in [-0.2, 0) is 0 Å². The van der Waals surface area contributed by atoms with Crippen LogP contribution in [0.5, 0.6) is 0 Å². The van der Waals surface area contributed by atoms with Crippen molar-refractivity contribution >= 4 is 17.3 Å². The van der Waals surface area contributed by atoms with Crippen LogP contribution in [0.4, 0.5) is 5.69 Å². The average Bonchev–Trinajstić information content (AvgIpc) is 2.12. The summed E-state index contributed by atoms with van der Waals surface area (Å²) in [5.41, 5.74) is 7.02. The van der Waals surface area contributed by atoms with E-state index in [1.165, 1.54) is 0 Å². The molecule has 0 atom stereocenters. The number of benzene rings is 1. The first-order valence-corrected chi connectivity index (χ1v) is 4.30. The van der Waals surface area contributed by atoms with Crippen molar-refractivity contribution in [3.8, 4) is 11.8 Å². The van der Waals surface area contributed by atoms with Crippen LogP contribution >= 0.6 is 11.6 Å². The van der Waals surface area contributed by atoms with Crippen molar-refractivity contribution in [3.63, 3.8) is 0 Å². The first-order valence-electron chi connectivity index (χ1n) is 3.92. The molecule has 0 spiro atoms. The quantitative estimate of drug-likeness (QED) is 0.525. The Morgan fingerprint density at radius 1 is 1.54 bits per heavy atom. The van der Waals surface area contributed by atoms with E-state index in [1.807, 2.05) is 13.1 Å². The normalized spacial score (nSPS) is 9.08. The van der Waals surface area contributed by atoms with Crippen molar-refractivity contribution in [2.45, 2.75) is 0 Å². The number of hydrogen-bond acceptors (Lipinski definition) is 2. The summed E-state index contributed by atoms with van der Waals surface area (Å²) in [7, 11) is 1.85. The molecule has 3 N–H and O–H groups in total. The Bertz CT molecular complexity index is 350. The highest BCUT2D eigenvalue weighted by molar-refractivity contribution is 6.33. The molecule has 0 amide bonds. The van der Waals surface area contributed by atoms with Crippen molar-refractivity contribution in [3.05, 3.63) is 28.8 Å². The maximum absolute atomic E-state index is 5.82. The molecule has 1 aromatic carbocycles. The van der Waals surface area contributed by atoms with Crippen LogP contribution < -0.4 is 11.1 Å². The number of nitrogens with one attached hydrogen (secondary N) is 1. The largest absolute Gasteiger partial charge is 0.398 e. The Labute approximate surface area is 83.1 Å². The number of nitrogens with two attached hydrogens (primary N) is 1. The number of halogens is 1. The molecular weight excluding hydrogens is 184 g/mol. The van der Waals surface area contributed by atoms with Gasteiger partial charge in [-0.25, -0.2) is 0 Å². The Hall–Kier alpha value is -1.17. The fourth-order valence-corrected chi connectivity index (χ4v) is 1.02. The van der Waals surface area contributed by atoms with Crippen LogP contribution in [0.1, 0.15) is 5.56 Å². The molecule has 0 radical (unpaired) electrons. The molecule has 1 aromatic rings. The highest BCUT2D eigenvalue weighted by atomic mass is 35.5. The Morgan fingerprint density at radius 3 is 2.92 bits per heavy atom. The van der Waals surface area contributed by atoms with E-state index in [-0.39, 0.29) is 0 Å². The number of anilines is 1. The van der Waals surface area contributed by atoms with E-state index >= 15 is 0 Å². The first kappa shape index (κ1) is 9.91. The van der Waals surface area contributed by atoms with Gasteiger partial charge in [0, 0.05) is 5.56 Å². The zero-order chi connectivity index (χ0) is 9.68. The molecule has 0 saturated heterocycles. The zero-order valence-corrected chi connectivity index (χ0v) is 8.15. The molecular formula is C10H11ClN2. The summed E-state index contributed by atoms with van der Waals surface area (Å²) in [4.78, 5) is 0. The summed E-state index contributed by atoms with van der Waals surface area (Å²) in [6, 6.07) is 5.37. The van der Waals surface area contributed by atoms with E-state index in [0.29, 0.717) is 17.3 Å². The monoisotopic (exact) mass is 194 g/mol. The molecule has 0 aliphatic carbocycles. The third kappa shape index (κ3) is 2.98. The zero-order valence-electron chi connectivity index (χ0n) is 7.39. The predicted octanol–water partition coefficient (Wildman–Crippen LogP) is 1.49. The van der Waals surface area contributed by atoms with Crippen LogP contribution in [0.25, 0.3) is 0 Å². The average molecular weight is 195 g/mol. The van der Waals surface area contributed by atoms with Gasteiger partial charge in [-0.1, -0.05) is 23.4 Å². The number of nitrogen functional groups attached to an aromatic ring is 1. The topological polar surface area (TPSA) is 38.0 Å². The summed E-state index contributed by atoms with van der Waals surface area (Å²) in [6.07, 6.45) is 0. The molecule has 13 heavy (non-hydrogen) atoms. The van der Waals surface area contributed by atoms with Crippen LogP contribution in [0.15, 0.2) is 18.2 Å². The molecule has 0 heterocycles. The first-order chi connectivity index (χ1) is 6.24. The maximum atomic E-state index is 5.82. The van der Waals surface area contributed by atoms with Crippen LogP contribution in [-0.4, -0.2) is 13.6 Å². The second-order valence-electron chi connectivity index (χ2n) is 2.57. The fourth-order valence-electron chi connectivity index (χ4n) is 0.840. The van der Waals surface area contributed by atoms with Gasteiger partial charge in [0.1, 0.15) is 0 Å². The van der Waals surface area contributed by atoms with Gasteiger partial charge in [-0.05, 0) is 25.2 Å². The standard InChI is InChI=1S/C10H11ClN2/c1-13-6-2-3-8-4-5-10(12)9(11)7-8/h4-5,7,13H,6,12H2,1H3. The Kier molecular flexibility index (Phi) is 3.63. The summed E-state index contributed by atoms with van der Waals surface area (Å²) in [6.45, 7) is 0.669. The molecule has 0 bridgehead atoms. The molecule has 3 heteroatoms. The van der Waals surface area contributed by atoms with Gasteiger partial charge in [-0.15, -0.1) is 0 Å². The molecule has 1 rings (SSSR count). The minimum Gasteiger partial charge on any atom is -0.398 e. The van der Waals surface area contributed by atoms with Gasteiger partial charge >= 0.3 is 0 Å². The van der Waals surface area contributed by atoms with E-state index in [9.17, 15) is 0 Å². The van der Waals surface area contributed by atoms with Crippen LogP contribution in [0, 0.1) is 11.8 Å². The highest BCUT2D eigenvalue weighted by Gasteiger charge is 1.94. The second-order valence-corrected chi connectivity index (χ2v) is 2.98. The summed E-state index contributed by atoms with van der Waals surface area (Å²) in [5.74, 6) is 5.90. The molecule has 0 unspecified atom stereocenters. The van der Waals surface area contributed by atoms with Crippen molar-refractivity contribution in [1.29, 1.82) is 0 Å². The maximum Gasteiger partial charge on any atom is 0.0647 e. The van der Waals surface area contributed by atoms with Crippen LogP contribution in [0.3, 0.4) is 0 Å². The molecule has 2 nitrogen and oxygen atoms in total. The predicted molar refractivity (Wildman–Crippen MR) is 56.7 cm³/mol. The smallest absolute Gasteiger partial charge is 0.0647 e. The molecule has 0 aliphatic rings. The van der Waals surface area contributed by atoms with E-state index in [4.69, 9.17) is 17.3 Å². The summed E-state index contributed by atoms with van der Waals surface area (Å²) < 4.78 is 0. The third-order valence-electron chi connectivity index (χ3n) is 1.50. The third-order valence-corrected chi connectivity index (χ3v) is 1.83. The lowest BCUT2D eigenvalue weighted by molar-refractivity contribution is 0.938. The van der Waals surface area contributed by atoms with Gasteiger partial charge in [0.25, 0.3) is 0 Å². The van der Waals surface area contributed by atoms with Gasteiger partial charge in [-0.3, -0.25) is 0 Å². The van der Waals surface area contributed by atoms with Gasteiger partial charge in [0.15, 0.2) is 0 Å². The Morgan fingerprint density at radius 2 is 2.31 bits per heavy atom. The van der Waals surface area contributed by atoms with Gasteiger partial charge < -0.3 is 11.1 Å². The van der Waals surface area contributed by atoms with Crippen molar-refractivity contribution in [1.82, 2.24) is 5.32 Å². The van der Waals surface area contributed by atoms with Crippen molar-refractivity contribution < 1.29 is 0 Å². The second kappa shape index (κ2) is 4.76. The van der Waals surface area contributed by atoms with Gasteiger partial charge in [0.2, 0.25) is 0 Å². The van der Waals surface area contributed by atoms with Gasteiger partial charge in [-0.2, -0.15) is 0 Å². The molecule has 68 valence electrons. The fraction of sp³-hybridized carbons (Fsp3) is 0.200. The SMILES string of the molecule is CNCC#Cc1ccc(N)c(Cl)c1. The van der Waals surface area contributed by atoms with E-state index in [2.05, 4.69) is 17.2 Å². The van der Waals surface area contributed by atoms with Crippen LogP contribution in [0.2, 0.25) is 5.02 Å². The summed E-state index contributed by atoms with van der Waals surface area (Å²) in [5, 5.41) is 3.48. The van der Waals surface area contributed by atoms with E-state index in [0.717, 1.165) is 5.56 Å². The minimum atomic E-state index is 0.552. The van der Waals surface area contributed by atoms with Crippen molar-refractivity contribution in [2.24, 2.45) is 0 Å². The lowest BCUT2D eigenvalue weighted by Gasteiger charge is -1.96. The molecule has 0 aromatic heterocycles. The molecule has 0 saturated carbocycles. The minimum absolute atomic E-state index is 0.552. The summed E-state index contributed by atoms with van der Waals surface area (Å²) >= 11 is 5.82. The molecule has 0 fully saturated rings. The highest BCUT2D eigenvalue weighted by Crippen LogP contribution is 2.18. The van der Waals surface area contributed by atoms with Gasteiger partial charge in [0.05, 0.1) is 17.3 Å². The lowest BCUT2D eigenvalue weighted by Crippen LogP contribution is -2.04. The van der Waals surface area contributed by atoms with Crippen molar-refractivity contribution in [2.75, 3.05) is 19.3 Å².